The van der Waals surface area contributed by atoms with Gasteiger partial charge in [-0.1, -0.05) is 36.4 Å². The van der Waals surface area contributed by atoms with Crippen LogP contribution >= 0.6 is 11.3 Å². The quantitative estimate of drug-likeness (QED) is 0.720. The van der Waals surface area contributed by atoms with Gasteiger partial charge in [0.05, 0.1) is 4.88 Å². The zero-order chi connectivity index (χ0) is 11.2. The maximum atomic E-state index is 11.5. The predicted octanol–water partition coefficient (Wildman–Crippen LogP) is 2.91. The Bertz CT molecular complexity index is 515. The van der Waals surface area contributed by atoms with Crippen LogP contribution in [0.25, 0.3) is 0 Å². The molecule has 2 aromatic rings. The van der Waals surface area contributed by atoms with E-state index < -0.39 is 0 Å². The Balaban J connectivity index is 2.00. The molecule has 78 valence electrons. The lowest BCUT2D eigenvalue weighted by Crippen LogP contribution is -1.98. The summed E-state index contributed by atoms with van der Waals surface area (Å²) in [6, 6.07) is 13.5. The first kappa shape index (κ1) is 10.7. The summed E-state index contributed by atoms with van der Waals surface area (Å²) >= 11 is 1.55. The van der Waals surface area contributed by atoms with Gasteiger partial charge in [-0.3, -0.25) is 4.79 Å². The average Bonchev–Trinajstić information content (AvgIpc) is 2.81. The summed E-state index contributed by atoms with van der Waals surface area (Å²) in [4.78, 5) is 12.5. The highest BCUT2D eigenvalue weighted by atomic mass is 32.1. The van der Waals surface area contributed by atoms with Gasteiger partial charge >= 0.3 is 0 Å². The van der Waals surface area contributed by atoms with Crippen molar-refractivity contribution in [2.45, 2.75) is 6.42 Å². The van der Waals surface area contributed by atoms with E-state index in [0.717, 1.165) is 10.4 Å². The van der Waals surface area contributed by atoms with Crippen molar-refractivity contribution < 1.29 is 4.79 Å². The van der Waals surface area contributed by atoms with Crippen LogP contribution < -0.4 is 0 Å². The lowest BCUT2D eigenvalue weighted by atomic mass is 10.1. The molecule has 0 aliphatic carbocycles. The third-order valence-electron chi connectivity index (χ3n) is 2.05. The van der Waals surface area contributed by atoms with Crippen LogP contribution in [0.4, 0.5) is 0 Å². The summed E-state index contributed by atoms with van der Waals surface area (Å²) in [6.45, 7) is 0. The zero-order valence-electron chi connectivity index (χ0n) is 8.64. The molecule has 0 aliphatic rings. The number of hydrogen-bond acceptors (Lipinski definition) is 2. The summed E-state index contributed by atoms with van der Waals surface area (Å²) < 4.78 is 0. The molecule has 1 aromatic heterocycles. The van der Waals surface area contributed by atoms with Crippen molar-refractivity contribution in [3.8, 4) is 11.8 Å². The van der Waals surface area contributed by atoms with Gasteiger partial charge in [0, 0.05) is 6.42 Å². The molecule has 16 heavy (non-hydrogen) atoms. The molecule has 0 spiro atoms. The topological polar surface area (TPSA) is 17.1 Å². The van der Waals surface area contributed by atoms with E-state index in [4.69, 9.17) is 0 Å². The van der Waals surface area contributed by atoms with Gasteiger partial charge in [0.25, 0.3) is 0 Å². The van der Waals surface area contributed by atoms with Crippen LogP contribution in [-0.2, 0) is 11.2 Å². The van der Waals surface area contributed by atoms with Gasteiger partial charge in [-0.05, 0) is 28.9 Å². The highest BCUT2D eigenvalue weighted by Crippen LogP contribution is 2.05. The van der Waals surface area contributed by atoms with E-state index in [2.05, 4.69) is 11.8 Å². The molecule has 1 heterocycles. The van der Waals surface area contributed by atoms with Crippen molar-refractivity contribution in [3.05, 3.63) is 58.3 Å². The molecule has 0 N–H and O–H groups in total. The number of Topliss-reactive ketones (excluding diaryl/α,β-unsaturated/α-hetero) is 1. The molecule has 1 aromatic carbocycles. The van der Waals surface area contributed by atoms with Crippen LogP contribution in [0.3, 0.4) is 0 Å². The fraction of sp³-hybridized carbons (Fsp3) is 0.0714. The average molecular weight is 226 g/mol. The van der Waals surface area contributed by atoms with Crippen LogP contribution in [0.15, 0.2) is 47.8 Å². The molecule has 2 heteroatoms. The van der Waals surface area contributed by atoms with Gasteiger partial charge in [0.15, 0.2) is 0 Å². The van der Waals surface area contributed by atoms with E-state index in [1.807, 2.05) is 47.8 Å². The molecule has 0 amide bonds. The summed E-state index contributed by atoms with van der Waals surface area (Å²) in [6.07, 6.45) is 0.388. The maximum absolute atomic E-state index is 11.5. The second kappa shape index (κ2) is 5.29. The Hall–Kier alpha value is -1.85. The number of thiophene rings is 1. The number of carbonyl (C=O) groups is 1. The number of carbonyl (C=O) groups excluding carboxylic acids is 1. The standard InChI is InChI=1S/C14H10OS/c15-13(8-9-14-7-4-10-16-14)11-12-5-2-1-3-6-12/h1-7,10H,11H2. The second-order valence-electron chi connectivity index (χ2n) is 3.31. The van der Waals surface area contributed by atoms with E-state index in [-0.39, 0.29) is 5.78 Å². The predicted molar refractivity (Wildman–Crippen MR) is 66.4 cm³/mol. The Kier molecular flexibility index (Phi) is 3.53. The molecule has 1 nitrogen and oxygen atoms in total. The number of benzene rings is 1. The van der Waals surface area contributed by atoms with E-state index >= 15 is 0 Å². The fourth-order valence-corrected chi connectivity index (χ4v) is 1.88. The smallest absolute Gasteiger partial charge is 0.210 e. The summed E-state index contributed by atoms with van der Waals surface area (Å²) in [5, 5.41) is 1.95. The summed E-state index contributed by atoms with van der Waals surface area (Å²) in [5.74, 6) is 5.48. The molecule has 0 aliphatic heterocycles. The normalized spacial score (nSPS) is 9.25. The van der Waals surface area contributed by atoms with Crippen LogP contribution in [-0.4, -0.2) is 5.78 Å². The maximum Gasteiger partial charge on any atom is 0.210 e. The molecule has 0 atom stereocenters. The highest BCUT2D eigenvalue weighted by molar-refractivity contribution is 7.10. The van der Waals surface area contributed by atoms with E-state index in [1.165, 1.54) is 0 Å². The first-order chi connectivity index (χ1) is 7.84. The molecule has 0 bridgehead atoms. The molecule has 0 saturated carbocycles. The fourth-order valence-electron chi connectivity index (χ4n) is 1.31. The number of hydrogen-bond donors (Lipinski definition) is 0. The largest absolute Gasteiger partial charge is 0.285 e. The van der Waals surface area contributed by atoms with E-state index in [1.54, 1.807) is 11.3 Å². The third kappa shape index (κ3) is 3.08. The van der Waals surface area contributed by atoms with Gasteiger partial charge < -0.3 is 0 Å². The van der Waals surface area contributed by atoms with E-state index in [0.29, 0.717) is 6.42 Å². The Morgan fingerprint density at radius 2 is 1.94 bits per heavy atom. The molecule has 0 fully saturated rings. The third-order valence-corrected chi connectivity index (χ3v) is 2.84. The van der Waals surface area contributed by atoms with Crippen LogP contribution in [0.5, 0.6) is 0 Å². The molecule has 0 radical (unpaired) electrons. The molecular formula is C14H10OS. The lowest BCUT2D eigenvalue weighted by molar-refractivity contribution is -0.113. The summed E-state index contributed by atoms with van der Waals surface area (Å²) in [5.41, 5.74) is 1.01. The molecule has 0 unspecified atom stereocenters. The Morgan fingerprint density at radius 3 is 2.62 bits per heavy atom. The van der Waals surface area contributed by atoms with Gasteiger partial charge in [-0.25, -0.2) is 0 Å². The van der Waals surface area contributed by atoms with Crippen molar-refractivity contribution in [1.82, 2.24) is 0 Å². The molecule has 0 saturated heterocycles. The van der Waals surface area contributed by atoms with Crippen LogP contribution in [0, 0.1) is 11.8 Å². The van der Waals surface area contributed by atoms with Gasteiger partial charge in [0.1, 0.15) is 0 Å². The molecular weight excluding hydrogens is 216 g/mol. The minimum absolute atomic E-state index is 0.0420. The van der Waals surface area contributed by atoms with Crippen molar-refractivity contribution in [1.29, 1.82) is 0 Å². The first-order valence-corrected chi connectivity index (χ1v) is 5.85. The van der Waals surface area contributed by atoms with Gasteiger partial charge in [0.2, 0.25) is 5.78 Å². The van der Waals surface area contributed by atoms with Crippen LogP contribution in [0.2, 0.25) is 0 Å². The van der Waals surface area contributed by atoms with Gasteiger partial charge in [-0.15, -0.1) is 11.3 Å². The Morgan fingerprint density at radius 1 is 1.12 bits per heavy atom. The van der Waals surface area contributed by atoms with Crippen molar-refractivity contribution >= 4 is 17.1 Å². The van der Waals surface area contributed by atoms with Gasteiger partial charge in [-0.2, -0.15) is 0 Å². The van der Waals surface area contributed by atoms with Crippen LogP contribution in [0.1, 0.15) is 10.4 Å². The monoisotopic (exact) mass is 226 g/mol. The summed E-state index contributed by atoms with van der Waals surface area (Å²) in [7, 11) is 0. The van der Waals surface area contributed by atoms with Crippen molar-refractivity contribution in [2.75, 3.05) is 0 Å². The number of rotatable bonds is 2. The minimum Gasteiger partial charge on any atom is -0.285 e. The number of ketones is 1. The van der Waals surface area contributed by atoms with E-state index in [9.17, 15) is 4.79 Å². The zero-order valence-corrected chi connectivity index (χ0v) is 9.46. The SMILES string of the molecule is O=C(C#Cc1cccs1)Cc1ccccc1. The highest BCUT2D eigenvalue weighted by Gasteiger charge is 1.98. The van der Waals surface area contributed by atoms with Crippen molar-refractivity contribution in [2.24, 2.45) is 0 Å². The lowest BCUT2D eigenvalue weighted by Gasteiger charge is -1.93. The molecule has 2 rings (SSSR count). The first-order valence-electron chi connectivity index (χ1n) is 4.97. The second-order valence-corrected chi connectivity index (χ2v) is 4.26. The van der Waals surface area contributed by atoms with Crippen molar-refractivity contribution in [3.63, 3.8) is 0 Å². The minimum atomic E-state index is -0.0420. The Labute approximate surface area is 98.7 Å².